The van der Waals surface area contributed by atoms with Crippen LogP contribution in [0.5, 0.6) is 0 Å². The number of hydrogen-bond acceptors (Lipinski definition) is 2. The van der Waals surface area contributed by atoms with E-state index in [0.717, 1.165) is 18.7 Å². The summed E-state index contributed by atoms with van der Waals surface area (Å²) in [4.78, 5) is 0. The zero-order chi connectivity index (χ0) is 15.7. The molecule has 0 atom stereocenters. The van der Waals surface area contributed by atoms with E-state index in [1.807, 2.05) is 0 Å². The monoisotopic (exact) mass is 355 g/mol. The van der Waals surface area contributed by atoms with Crippen molar-refractivity contribution in [2.75, 3.05) is 6.54 Å². The van der Waals surface area contributed by atoms with Crippen molar-refractivity contribution in [1.29, 1.82) is 0 Å². The second-order valence-corrected chi connectivity index (χ2v) is 8.60. The van der Waals surface area contributed by atoms with Gasteiger partial charge in [-0.3, -0.25) is 4.68 Å². The molecule has 0 radical (unpaired) electrons. The third-order valence-corrected chi connectivity index (χ3v) is 5.74. The van der Waals surface area contributed by atoms with Crippen LogP contribution in [-0.4, -0.2) is 21.9 Å². The first-order valence-electron chi connectivity index (χ1n) is 8.15. The van der Waals surface area contributed by atoms with E-state index >= 15 is 0 Å². The van der Waals surface area contributed by atoms with Gasteiger partial charge in [-0.15, -0.1) is 0 Å². The molecule has 1 heterocycles. The molecule has 0 spiro atoms. The Morgan fingerprint density at radius 1 is 1.24 bits per heavy atom. The molecular formula is C17H30BrN3. The lowest BCUT2D eigenvalue weighted by Gasteiger charge is -2.40. The Hall–Kier alpha value is -0.350. The van der Waals surface area contributed by atoms with E-state index in [2.05, 4.69) is 65.8 Å². The Morgan fingerprint density at radius 3 is 2.33 bits per heavy atom. The van der Waals surface area contributed by atoms with E-state index in [1.165, 1.54) is 42.3 Å². The topological polar surface area (TPSA) is 29.9 Å². The maximum atomic E-state index is 4.57. The van der Waals surface area contributed by atoms with Crippen molar-refractivity contribution in [3.05, 3.63) is 15.9 Å². The van der Waals surface area contributed by atoms with Crippen LogP contribution in [0.2, 0.25) is 0 Å². The maximum Gasteiger partial charge on any atom is 0.0738 e. The van der Waals surface area contributed by atoms with Gasteiger partial charge < -0.3 is 5.32 Å². The first-order valence-corrected chi connectivity index (χ1v) is 8.95. The Kier molecular flexibility index (Phi) is 5.19. The van der Waals surface area contributed by atoms with Crippen LogP contribution in [0.15, 0.2) is 4.47 Å². The minimum absolute atomic E-state index is 0.185. The van der Waals surface area contributed by atoms with Gasteiger partial charge in [0.1, 0.15) is 0 Å². The number of nitrogens with zero attached hydrogens (tertiary/aromatic N) is 2. The second-order valence-electron chi connectivity index (χ2n) is 7.81. The lowest BCUT2D eigenvalue weighted by molar-refractivity contribution is 0.162. The van der Waals surface area contributed by atoms with Crippen LogP contribution in [0.4, 0.5) is 0 Å². The van der Waals surface area contributed by atoms with Crippen LogP contribution in [0.3, 0.4) is 0 Å². The van der Waals surface area contributed by atoms with Gasteiger partial charge in [-0.2, -0.15) is 5.10 Å². The molecular weight excluding hydrogens is 326 g/mol. The third-order valence-electron chi connectivity index (χ3n) is 4.71. The highest BCUT2D eigenvalue weighted by molar-refractivity contribution is 9.10. The molecule has 0 aromatic carbocycles. The summed E-state index contributed by atoms with van der Waals surface area (Å²) in [5.74, 6) is 0. The Bertz CT molecular complexity index is 479. The van der Waals surface area contributed by atoms with Gasteiger partial charge in [0, 0.05) is 19.1 Å². The van der Waals surface area contributed by atoms with Crippen LogP contribution in [0.25, 0.3) is 0 Å². The van der Waals surface area contributed by atoms with Gasteiger partial charge in [0.05, 0.1) is 15.9 Å². The highest BCUT2D eigenvalue weighted by atomic mass is 79.9. The van der Waals surface area contributed by atoms with Crippen LogP contribution < -0.4 is 5.32 Å². The molecule has 1 aromatic heterocycles. The summed E-state index contributed by atoms with van der Waals surface area (Å²) in [7, 11) is 2.07. The number of nitrogens with one attached hydrogen (secondary N) is 1. The fraction of sp³-hybridized carbons (Fsp3) is 0.824. The molecule has 1 aliphatic rings. The zero-order valence-electron chi connectivity index (χ0n) is 14.2. The van der Waals surface area contributed by atoms with E-state index in [1.54, 1.807) is 0 Å². The standard InChI is InChI=1S/C17H30BrN3/c1-13-15(18)14(21(5)20-13)11-17(9-7-6-8-10-17)12-19-16(2,3)4/h19H,6-12H2,1-5H3. The van der Waals surface area contributed by atoms with Gasteiger partial charge in [0.15, 0.2) is 0 Å². The van der Waals surface area contributed by atoms with E-state index in [4.69, 9.17) is 0 Å². The van der Waals surface area contributed by atoms with Crippen molar-refractivity contribution in [3.63, 3.8) is 0 Å². The van der Waals surface area contributed by atoms with Gasteiger partial charge in [-0.05, 0) is 68.3 Å². The summed E-state index contributed by atoms with van der Waals surface area (Å²) in [5, 5.41) is 8.32. The molecule has 21 heavy (non-hydrogen) atoms. The molecule has 1 aromatic rings. The van der Waals surface area contributed by atoms with Crippen LogP contribution in [0, 0.1) is 12.3 Å². The molecule has 0 aliphatic heterocycles. The number of rotatable bonds is 4. The molecule has 0 saturated heterocycles. The Balaban J connectivity index is 2.19. The summed E-state index contributed by atoms with van der Waals surface area (Å²) in [6.45, 7) is 9.96. The van der Waals surface area contributed by atoms with Gasteiger partial charge in [0.25, 0.3) is 0 Å². The van der Waals surface area contributed by atoms with Crippen LogP contribution in [0.1, 0.15) is 64.3 Å². The molecule has 4 heteroatoms. The summed E-state index contributed by atoms with van der Waals surface area (Å²) < 4.78 is 3.26. The summed E-state index contributed by atoms with van der Waals surface area (Å²) in [6, 6.07) is 0. The largest absolute Gasteiger partial charge is 0.312 e. The van der Waals surface area contributed by atoms with Gasteiger partial charge in [-0.25, -0.2) is 0 Å². The van der Waals surface area contributed by atoms with E-state index in [9.17, 15) is 0 Å². The number of aromatic nitrogens is 2. The summed E-state index contributed by atoms with van der Waals surface area (Å²) in [6.07, 6.45) is 7.89. The molecule has 120 valence electrons. The molecule has 3 nitrogen and oxygen atoms in total. The summed E-state index contributed by atoms with van der Waals surface area (Å²) in [5.41, 5.74) is 3.02. The van der Waals surface area contributed by atoms with E-state index in [-0.39, 0.29) is 5.54 Å². The number of aryl methyl sites for hydroxylation is 2. The molecule has 1 saturated carbocycles. The normalized spacial score (nSPS) is 19.0. The van der Waals surface area contributed by atoms with Gasteiger partial charge in [-0.1, -0.05) is 19.3 Å². The number of halogens is 1. The minimum atomic E-state index is 0.185. The predicted molar refractivity (Wildman–Crippen MR) is 92.6 cm³/mol. The van der Waals surface area contributed by atoms with Gasteiger partial charge >= 0.3 is 0 Å². The fourth-order valence-electron chi connectivity index (χ4n) is 3.40. The van der Waals surface area contributed by atoms with Crippen molar-refractivity contribution in [2.45, 2.75) is 71.8 Å². The van der Waals surface area contributed by atoms with Crippen molar-refractivity contribution < 1.29 is 0 Å². The average molecular weight is 356 g/mol. The molecule has 1 N–H and O–H groups in total. The van der Waals surface area contributed by atoms with E-state index < -0.39 is 0 Å². The zero-order valence-corrected chi connectivity index (χ0v) is 15.8. The SMILES string of the molecule is Cc1nn(C)c(CC2(CNC(C)(C)C)CCCCC2)c1Br. The molecule has 1 aliphatic carbocycles. The quantitative estimate of drug-likeness (QED) is 0.868. The highest BCUT2D eigenvalue weighted by Crippen LogP contribution is 2.40. The van der Waals surface area contributed by atoms with Crippen molar-refractivity contribution in [2.24, 2.45) is 12.5 Å². The molecule has 0 unspecified atom stereocenters. The fourth-order valence-corrected chi connectivity index (χ4v) is 3.87. The minimum Gasteiger partial charge on any atom is -0.312 e. The lowest BCUT2D eigenvalue weighted by atomic mass is 9.70. The van der Waals surface area contributed by atoms with Gasteiger partial charge in [0.2, 0.25) is 0 Å². The van der Waals surface area contributed by atoms with Crippen molar-refractivity contribution in [3.8, 4) is 0 Å². The molecule has 2 rings (SSSR count). The maximum absolute atomic E-state index is 4.57. The third kappa shape index (κ3) is 4.32. The number of hydrogen-bond donors (Lipinski definition) is 1. The second kappa shape index (κ2) is 6.41. The highest BCUT2D eigenvalue weighted by Gasteiger charge is 2.35. The summed E-state index contributed by atoms with van der Waals surface area (Å²) >= 11 is 3.74. The smallest absolute Gasteiger partial charge is 0.0738 e. The first-order chi connectivity index (χ1) is 9.72. The molecule has 0 amide bonds. The van der Waals surface area contributed by atoms with Crippen LogP contribution >= 0.6 is 15.9 Å². The Morgan fingerprint density at radius 2 is 1.86 bits per heavy atom. The van der Waals surface area contributed by atoms with Crippen molar-refractivity contribution >= 4 is 15.9 Å². The average Bonchev–Trinajstić information content (AvgIpc) is 2.64. The van der Waals surface area contributed by atoms with Crippen LogP contribution in [-0.2, 0) is 13.5 Å². The lowest BCUT2D eigenvalue weighted by Crippen LogP contribution is -2.46. The van der Waals surface area contributed by atoms with Crippen molar-refractivity contribution in [1.82, 2.24) is 15.1 Å². The molecule has 0 bridgehead atoms. The Labute approximate surface area is 138 Å². The predicted octanol–water partition coefficient (Wildman–Crippen LogP) is 4.37. The van der Waals surface area contributed by atoms with E-state index in [0.29, 0.717) is 5.41 Å². The first kappa shape index (κ1) is 17.0. The molecule has 1 fully saturated rings.